The van der Waals surface area contributed by atoms with Gasteiger partial charge in [0.1, 0.15) is 17.5 Å². The fourth-order valence-electron chi connectivity index (χ4n) is 5.15. The third kappa shape index (κ3) is 6.12. The van der Waals surface area contributed by atoms with E-state index in [1.165, 1.54) is 50.2 Å². The molecule has 2 aliphatic rings. The highest BCUT2D eigenvalue weighted by molar-refractivity contribution is 5.66. The Labute approximate surface area is 204 Å². The van der Waals surface area contributed by atoms with Crippen LogP contribution in [0, 0.1) is 12.8 Å². The highest BCUT2D eigenvalue weighted by atomic mass is 16.6. The minimum atomic E-state index is -0.689. The number of carbonyl (C=O) groups excluding carboxylic acids is 1. The maximum absolute atomic E-state index is 12.0. The summed E-state index contributed by atoms with van der Waals surface area (Å²) in [5.74, 6) is 1.20. The molecule has 2 unspecified atom stereocenters. The van der Waals surface area contributed by atoms with E-state index in [4.69, 9.17) is 14.2 Å². The van der Waals surface area contributed by atoms with E-state index in [-0.39, 0.29) is 12.1 Å². The molecule has 2 atom stereocenters. The van der Waals surface area contributed by atoms with Crippen molar-refractivity contribution >= 4 is 11.7 Å². The van der Waals surface area contributed by atoms with Gasteiger partial charge in [-0.05, 0) is 56.9 Å². The number of hydrogen-bond acceptors (Lipinski definition) is 5. The number of esters is 1. The van der Waals surface area contributed by atoms with Gasteiger partial charge in [0, 0.05) is 31.3 Å². The van der Waals surface area contributed by atoms with E-state index < -0.39 is 11.7 Å². The van der Waals surface area contributed by atoms with Crippen LogP contribution in [0.2, 0.25) is 0 Å². The van der Waals surface area contributed by atoms with Crippen molar-refractivity contribution in [2.75, 3.05) is 11.9 Å². The second-order valence-corrected chi connectivity index (χ2v) is 10.4. The molecule has 1 heterocycles. The molecule has 184 valence electrons. The van der Waals surface area contributed by atoms with Crippen LogP contribution in [0.3, 0.4) is 0 Å². The van der Waals surface area contributed by atoms with Crippen molar-refractivity contribution in [3.8, 4) is 5.75 Å². The molecule has 2 aromatic rings. The number of carbonyl (C=O) groups is 1. The van der Waals surface area contributed by atoms with Crippen LogP contribution in [-0.4, -0.2) is 24.3 Å². The zero-order valence-corrected chi connectivity index (χ0v) is 21.1. The van der Waals surface area contributed by atoms with Crippen LogP contribution in [0.25, 0.3) is 0 Å². The van der Waals surface area contributed by atoms with Gasteiger partial charge in [0.2, 0.25) is 0 Å². The highest BCUT2D eigenvalue weighted by Gasteiger charge is 2.47. The number of ether oxygens (including phenoxy) is 3. The lowest BCUT2D eigenvalue weighted by Gasteiger charge is -2.43. The van der Waals surface area contributed by atoms with Crippen molar-refractivity contribution in [1.29, 1.82) is 0 Å². The summed E-state index contributed by atoms with van der Waals surface area (Å²) in [7, 11) is 0. The fourth-order valence-corrected chi connectivity index (χ4v) is 5.15. The van der Waals surface area contributed by atoms with Crippen molar-refractivity contribution in [3.63, 3.8) is 0 Å². The predicted molar refractivity (Wildman–Crippen MR) is 135 cm³/mol. The summed E-state index contributed by atoms with van der Waals surface area (Å²) in [6.07, 6.45) is 6.74. The Bertz CT molecular complexity index is 963. The number of hydrogen-bond donors (Lipinski definition) is 1. The number of benzene rings is 2. The lowest BCUT2D eigenvalue weighted by molar-refractivity contribution is -0.182. The molecule has 5 nitrogen and oxygen atoms in total. The summed E-state index contributed by atoms with van der Waals surface area (Å²) in [6, 6.07) is 14.6. The number of anilines is 1. The van der Waals surface area contributed by atoms with Crippen LogP contribution >= 0.6 is 0 Å². The van der Waals surface area contributed by atoms with Gasteiger partial charge in [-0.15, -0.1) is 0 Å². The van der Waals surface area contributed by atoms with Crippen molar-refractivity contribution < 1.29 is 19.0 Å². The molecule has 1 fully saturated rings. The van der Waals surface area contributed by atoms with E-state index in [0.717, 1.165) is 35.9 Å². The Balaban J connectivity index is 1.53. The molecule has 1 saturated carbocycles. The Kier molecular flexibility index (Phi) is 7.82. The number of nitrogens with one attached hydrogen (secondary N) is 1. The van der Waals surface area contributed by atoms with Gasteiger partial charge in [0.05, 0.1) is 0 Å². The average molecular weight is 466 g/mol. The first kappa shape index (κ1) is 24.6. The number of aryl methyl sites for hydroxylation is 1. The molecule has 4 rings (SSSR count). The molecule has 0 saturated heterocycles. The van der Waals surface area contributed by atoms with Crippen LogP contribution in [0.4, 0.5) is 5.69 Å². The van der Waals surface area contributed by atoms with E-state index in [1.807, 2.05) is 26.0 Å². The topological polar surface area (TPSA) is 56.8 Å². The predicted octanol–water partition coefficient (Wildman–Crippen LogP) is 6.74. The third-order valence-corrected chi connectivity index (χ3v) is 7.11. The van der Waals surface area contributed by atoms with Crippen LogP contribution in [0.15, 0.2) is 42.5 Å². The van der Waals surface area contributed by atoms with Crippen LogP contribution < -0.4 is 10.1 Å². The summed E-state index contributed by atoms with van der Waals surface area (Å²) in [5, 5.41) is 3.52. The maximum Gasteiger partial charge on any atom is 0.303 e. The molecule has 0 bridgehead atoms. The molecule has 5 heteroatoms. The number of rotatable bonds is 8. The Morgan fingerprint density at radius 1 is 1.09 bits per heavy atom. The summed E-state index contributed by atoms with van der Waals surface area (Å²) in [5.41, 5.74) is 3.71. The van der Waals surface area contributed by atoms with Crippen molar-refractivity contribution in [2.45, 2.75) is 90.6 Å². The molecule has 34 heavy (non-hydrogen) atoms. The van der Waals surface area contributed by atoms with Gasteiger partial charge in [-0.1, -0.05) is 61.9 Å². The van der Waals surface area contributed by atoms with Crippen LogP contribution in [-0.2, 0) is 20.8 Å². The van der Waals surface area contributed by atoms with Crippen LogP contribution in [0.5, 0.6) is 5.75 Å². The maximum atomic E-state index is 12.0. The fraction of sp³-hybridized carbons (Fsp3) is 0.552. The van der Waals surface area contributed by atoms with Crippen molar-refractivity contribution in [3.05, 3.63) is 59.2 Å². The van der Waals surface area contributed by atoms with Gasteiger partial charge in [0.25, 0.3) is 0 Å². The van der Waals surface area contributed by atoms with Gasteiger partial charge in [0.15, 0.2) is 6.10 Å². The van der Waals surface area contributed by atoms with Crippen molar-refractivity contribution in [1.82, 2.24) is 0 Å². The third-order valence-electron chi connectivity index (χ3n) is 7.11. The van der Waals surface area contributed by atoms with Gasteiger partial charge < -0.3 is 19.5 Å². The van der Waals surface area contributed by atoms with Gasteiger partial charge in [-0.3, -0.25) is 4.79 Å². The minimum absolute atomic E-state index is 0.320. The van der Waals surface area contributed by atoms with E-state index in [2.05, 4.69) is 42.6 Å². The minimum Gasteiger partial charge on any atom is -0.483 e. The zero-order valence-electron chi connectivity index (χ0n) is 21.1. The molecule has 0 amide bonds. The largest absolute Gasteiger partial charge is 0.483 e. The summed E-state index contributed by atoms with van der Waals surface area (Å²) < 4.78 is 18.6. The first-order valence-electron chi connectivity index (χ1n) is 12.7. The Morgan fingerprint density at radius 2 is 1.82 bits per heavy atom. The second kappa shape index (κ2) is 10.8. The number of fused-ring (bicyclic) bond motifs is 1. The molecule has 0 aromatic heterocycles. The lowest BCUT2D eigenvalue weighted by Crippen LogP contribution is -2.51. The summed E-state index contributed by atoms with van der Waals surface area (Å²) in [4.78, 5) is 12.0. The van der Waals surface area contributed by atoms with Crippen LogP contribution in [0.1, 0.15) is 82.1 Å². The second-order valence-electron chi connectivity index (χ2n) is 10.4. The van der Waals surface area contributed by atoms with E-state index in [0.29, 0.717) is 6.61 Å². The van der Waals surface area contributed by atoms with E-state index in [1.54, 1.807) is 0 Å². The Hall–Kier alpha value is -2.53. The first-order valence-corrected chi connectivity index (χ1v) is 12.7. The van der Waals surface area contributed by atoms with E-state index >= 15 is 0 Å². The molecular weight excluding hydrogens is 426 g/mol. The molecule has 1 aliphatic heterocycles. The standard InChI is InChI=1S/C29H39NO4/c1-20-10-12-23(13-11-20)19-30-24-14-15-26-25(18-24)27(28(33-21(2)31)29(3,4)34-26)32-17-16-22-8-6-5-7-9-22/h10-15,18,22,27-28,30H,5-9,16-17,19H2,1-4H3. The Morgan fingerprint density at radius 3 is 2.53 bits per heavy atom. The molecule has 0 radical (unpaired) electrons. The lowest BCUT2D eigenvalue weighted by atomic mass is 9.86. The van der Waals surface area contributed by atoms with Gasteiger partial charge in [-0.25, -0.2) is 0 Å². The SMILES string of the molecule is CC(=O)OC1C(OCCC2CCCCC2)c2cc(NCc3ccc(C)cc3)ccc2OC1(C)C. The zero-order chi connectivity index (χ0) is 24.1. The quantitative estimate of drug-likeness (QED) is 0.438. The van der Waals surface area contributed by atoms with Crippen molar-refractivity contribution in [2.24, 2.45) is 5.92 Å². The molecule has 0 spiro atoms. The normalized spacial score (nSPS) is 21.9. The average Bonchev–Trinajstić information content (AvgIpc) is 2.81. The first-order chi connectivity index (χ1) is 16.3. The molecule has 1 aliphatic carbocycles. The van der Waals surface area contributed by atoms with E-state index in [9.17, 15) is 4.79 Å². The van der Waals surface area contributed by atoms with Gasteiger partial charge >= 0.3 is 5.97 Å². The van der Waals surface area contributed by atoms with Gasteiger partial charge in [-0.2, -0.15) is 0 Å². The molecule has 1 N–H and O–H groups in total. The summed E-state index contributed by atoms with van der Waals surface area (Å²) in [6.45, 7) is 8.85. The monoisotopic (exact) mass is 465 g/mol. The smallest absolute Gasteiger partial charge is 0.303 e. The highest BCUT2D eigenvalue weighted by Crippen LogP contribution is 2.44. The molecular formula is C29H39NO4. The summed E-state index contributed by atoms with van der Waals surface area (Å²) >= 11 is 0. The molecule has 2 aromatic carbocycles.